The minimum Gasteiger partial charge on any atom is -0.397 e. The van der Waals surface area contributed by atoms with Crippen molar-refractivity contribution in [1.29, 1.82) is 0 Å². The lowest BCUT2D eigenvalue weighted by atomic mass is 10.1. The number of nitrogens with zero attached hydrogens (tertiary/aromatic N) is 2. The van der Waals surface area contributed by atoms with Crippen molar-refractivity contribution in [3.05, 3.63) is 53.4 Å². The van der Waals surface area contributed by atoms with Gasteiger partial charge in [-0.15, -0.1) is 0 Å². The van der Waals surface area contributed by atoms with Crippen LogP contribution < -0.4 is 10.6 Å². The molecule has 1 amide bonds. The second-order valence-corrected chi connectivity index (χ2v) is 6.68. The van der Waals surface area contributed by atoms with Crippen molar-refractivity contribution in [2.24, 2.45) is 0 Å². The Balaban J connectivity index is 0.000000755. The van der Waals surface area contributed by atoms with Gasteiger partial charge in [0.05, 0.1) is 16.8 Å². The van der Waals surface area contributed by atoms with Crippen molar-refractivity contribution < 1.29 is 9.90 Å². The predicted octanol–water partition coefficient (Wildman–Crippen LogP) is 3.21. The van der Waals surface area contributed by atoms with E-state index in [4.69, 9.17) is 15.1 Å². The molecule has 1 aliphatic rings. The molecular weight excluding hydrogens is 366 g/mol. The van der Waals surface area contributed by atoms with Gasteiger partial charge in [-0.1, -0.05) is 24.3 Å². The lowest BCUT2D eigenvalue weighted by Crippen LogP contribution is -2.31. The Kier molecular flexibility index (Phi) is 6.61. The number of aromatic amines is 1. The summed E-state index contributed by atoms with van der Waals surface area (Å²) >= 11 is 0. The van der Waals surface area contributed by atoms with Gasteiger partial charge in [-0.2, -0.15) is 0 Å². The van der Waals surface area contributed by atoms with Gasteiger partial charge in [-0.05, 0) is 32.9 Å². The summed E-state index contributed by atoms with van der Waals surface area (Å²) in [4.78, 5) is 25.0. The number of rotatable bonds is 4. The van der Waals surface area contributed by atoms with E-state index in [0.29, 0.717) is 13.1 Å². The largest absolute Gasteiger partial charge is 0.397 e. The molecule has 1 aliphatic heterocycles. The molecule has 3 heterocycles. The predicted molar refractivity (Wildman–Crippen MR) is 116 cm³/mol. The molecule has 4 rings (SSSR count). The Bertz CT molecular complexity index is 1040. The van der Waals surface area contributed by atoms with Crippen LogP contribution in [0.5, 0.6) is 0 Å². The summed E-state index contributed by atoms with van der Waals surface area (Å²) in [5.41, 5.74) is 6.07. The number of carbonyl (C=O) groups is 1. The maximum absolute atomic E-state index is 12.1. The average molecular weight is 393 g/mol. The number of carbonyl (C=O) groups excluding carboxylic acids is 1. The molecular formula is C22H27N5O2. The topological polar surface area (TPSA) is 103 Å². The summed E-state index contributed by atoms with van der Waals surface area (Å²) in [5, 5.41) is 13.8. The third-order valence-electron chi connectivity index (χ3n) is 4.59. The van der Waals surface area contributed by atoms with Crippen LogP contribution in [0, 0.1) is 6.92 Å². The monoisotopic (exact) mass is 393 g/mol. The summed E-state index contributed by atoms with van der Waals surface area (Å²) in [7, 11) is 0. The Labute approximate surface area is 170 Å². The molecule has 4 N–H and O–H groups in total. The van der Waals surface area contributed by atoms with E-state index in [1.54, 1.807) is 6.92 Å². The number of para-hydroxylation sites is 1. The molecule has 0 saturated heterocycles. The number of aliphatic hydroxyl groups excluding tert-OH is 1. The molecule has 1 aromatic carbocycles. The highest BCUT2D eigenvalue weighted by molar-refractivity contribution is 5.99. The van der Waals surface area contributed by atoms with E-state index in [1.807, 2.05) is 50.3 Å². The zero-order valence-corrected chi connectivity index (χ0v) is 17.0. The Hall–Kier alpha value is -3.19. The van der Waals surface area contributed by atoms with Gasteiger partial charge in [0.25, 0.3) is 5.91 Å². The molecule has 3 aromatic rings. The van der Waals surface area contributed by atoms with Crippen LogP contribution in [0.25, 0.3) is 22.3 Å². The molecule has 29 heavy (non-hydrogen) atoms. The lowest BCUT2D eigenvalue weighted by Gasteiger charge is -2.11. The lowest BCUT2D eigenvalue weighted by molar-refractivity contribution is 0.0946. The van der Waals surface area contributed by atoms with E-state index >= 15 is 0 Å². The zero-order valence-electron chi connectivity index (χ0n) is 17.0. The quantitative estimate of drug-likeness (QED) is 0.510. The van der Waals surface area contributed by atoms with Crippen LogP contribution in [0.4, 0.5) is 5.82 Å². The highest BCUT2D eigenvalue weighted by atomic mass is 16.2. The molecule has 0 spiro atoms. The van der Waals surface area contributed by atoms with E-state index in [2.05, 4.69) is 15.6 Å². The van der Waals surface area contributed by atoms with Crippen molar-refractivity contribution in [2.45, 2.75) is 27.2 Å². The summed E-state index contributed by atoms with van der Waals surface area (Å²) in [6, 6.07) is 7.85. The molecule has 7 heteroatoms. The van der Waals surface area contributed by atoms with Crippen molar-refractivity contribution in [1.82, 2.24) is 20.3 Å². The highest BCUT2D eigenvalue weighted by Gasteiger charge is 2.21. The first-order valence-corrected chi connectivity index (χ1v) is 9.82. The number of amides is 1. The average Bonchev–Trinajstić information content (AvgIpc) is 3.14. The number of hydrogen-bond donors (Lipinski definition) is 4. The molecule has 0 radical (unpaired) electrons. The maximum atomic E-state index is 12.1. The van der Waals surface area contributed by atoms with Crippen LogP contribution in [0.3, 0.4) is 0 Å². The van der Waals surface area contributed by atoms with Crippen molar-refractivity contribution >= 4 is 22.8 Å². The molecule has 0 atom stereocenters. The maximum Gasteiger partial charge on any atom is 0.253 e. The molecule has 0 fully saturated rings. The van der Waals surface area contributed by atoms with Crippen molar-refractivity contribution in [2.75, 3.05) is 25.0 Å². The van der Waals surface area contributed by atoms with Gasteiger partial charge in [0.15, 0.2) is 0 Å². The molecule has 0 aliphatic carbocycles. The third kappa shape index (κ3) is 4.46. The van der Waals surface area contributed by atoms with Gasteiger partial charge in [0.1, 0.15) is 11.3 Å². The number of nitrogens with one attached hydrogen (secondary N) is 3. The second kappa shape index (κ2) is 9.34. The summed E-state index contributed by atoms with van der Waals surface area (Å²) < 4.78 is 0. The van der Waals surface area contributed by atoms with E-state index in [1.165, 1.54) is 0 Å². The van der Waals surface area contributed by atoms with Crippen LogP contribution in [0.1, 0.15) is 35.6 Å². The smallest absolute Gasteiger partial charge is 0.253 e. The van der Waals surface area contributed by atoms with Gasteiger partial charge in [0, 0.05) is 43.1 Å². The molecule has 2 aromatic heterocycles. The van der Waals surface area contributed by atoms with Crippen molar-refractivity contribution in [3.8, 4) is 11.3 Å². The number of aryl methyl sites for hydroxylation is 1. The first-order chi connectivity index (χ1) is 14.1. The number of fused-ring (bicyclic) bond motifs is 2. The fraction of sp³-hybridized carbons (Fsp3) is 0.318. The number of anilines is 1. The molecule has 152 valence electrons. The molecule has 0 bridgehead atoms. The third-order valence-corrected chi connectivity index (χ3v) is 4.59. The number of aliphatic hydroxyl groups is 1. The van der Waals surface area contributed by atoms with Gasteiger partial charge in [-0.25, -0.2) is 9.97 Å². The zero-order chi connectivity index (χ0) is 20.8. The van der Waals surface area contributed by atoms with E-state index in [9.17, 15) is 4.79 Å². The van der Waals surface area contributed by atoms with Crippen LogP contribution in [-0.4, -0.2) is 45.7 Å². The van der Waals surface area contributed by atoms with Gasteiger partial charge in [-0.3, -0.25) is 4.79 Å². The summed E-state index contributed by atoms with van der Waals surface area (Å²) in [6.45, 7) is 7.24. The summed E-state index contributed by atoms with van der Waals surface area (Å²) in [5.74, 6) is 0.752. The number of allylic oxidation sites excluding steroid dienone is 1. The second-order valence-electron chi connectivity index (χ2n) is 6.68. The van der Waals surface area contributed by atoms with Crippen LogP contribution in [0.2, 0.25) is 0 Å². The molecule has 0 saturated carbocycles. The van der Waals surface area contributed by atoms with Crippen LogP contribution in [-0.2, 0) is 6.42 Å². The minimum atomic E-state index is -0.0235. The normalized spacial score (nSPS) is 13.0. The highest BCUT2D eigenvalue weighted by Crippen LogP contribution is 2.30. The minimum absolute atomic E-state index is 0.0235. The number of H-pyrrole nitrogens is 1. The number of hydrogen-bond acceptors (Lipinski definition) is 5. The van der Waals surface area contributed by atoms with Crippen LogP contribution >= 0.6 is 0 Å². The fourth-order valence-corrected chi connectivity index (χ4v) is 3.26. The standard InChI is InChI=1S/C20H21N5O.C2H6O/c1-3-4-9-21-19-12(2)23-16-7-5-6-13(18(16)25-19)17-11-14-15(24-17)8-10-22-20(14)26;1-2-3/h3-7,11,24H,8-10H2,1-2H3,(H,21,25)(H,22,26);3H,2H2,1H3/b4-3+;. The van der Waals surface area contributed by atoms with Crippen LogP contribution in [0.15, 0.2) is 36.4 Å². The van der Waals surface area contributed by atoms with Gasteiger partial charge < -0.3 is 20.7 Å². The fourth-order valence-electron chi connectivity index (χ4n) is 3.26. The first kappa shape index (κ1) is 20.5. The van der Waals surface area contributed by atoms with E-state index in [-0.39, 0.29) is 12.5 Å². The molecule has 7 nitrogen and oxygen atoms in total. The summed E-state index contributed by atoms with van der Waals surface area (Å²) in [6.07, 6.45) is 4.85. The Morgan fingerprint density at radius 1 is 1.28 bits per heavy atom. The van der Waals surface area contributed by atoms with Gasteiger partial charge >= 0.3 is 0 Å². The first-order valence-electron chi connectivity index (χ1n) is 9.82. The Morgan fingerprint density at radius 2 is 2.07 bits per heavy atom. The van der Waals surface area contributed by atoms with E-state index in [0.717, 1.165) is 51.5 Å². The SMILES string of the molecule is C/C=C/CNc1nc2c(-c3cc4c([nH]3)CCNC4=O)cccc2nc1C.CCO. The van der Waals surface area contributed by atoms with Gasteiger partial charge in [0.2, 0.25) is 0 Å². The molecule has 0 unspecified atom stereocenters. The van der Waals surface area contributed by atoms with E-state index < -0.39 is 0 Å². The Morgan fingerprint density at radius 3 is 2.79 bits per heavy atom. The number of aromatic nitrogens is 3. The van der Waals surface area contributed by atoms with Crippen molar-refractivity contribution in [3.63, 3.8) is 0 Å². The number of benzene rings is 1.